The van der Waals surface area contributed by atoms with Gasteiger partial charge in [-0.3, -0.25) is 4.79 Å². The van der Waals surface area contributed by atoms with Gasteiger partial charge >= 0.3 is 5.97 Å². The first-order chi connectivity index (χ1) is 16.2. The summed E-state index contributed by atoms with van der Waals surface area (Å²) >= 11 is 0. The number of aliphatic hydroxyl groups excluding tert-OH is 1. The molecule has 4 heteroatoms. The molecule has 1 N–H and O–H groups in total. The quantitative estimate of drug-likeness (QED) is 0.0965. The van der Waals surface area contributed by atoms with Crippen LogP contribution in [0.25, 0.3) is 0 Å². The van der Waals surface area contributed by atoms with Crippen molar-refractivity contribution in [3.05, 3.63) is 0 Å². The Morgan fingerprint density at radius 1 is 0.606 bits per heavy atom. The molecule has 0 fully saturated rings. The van der Waals surface area contributed by atoms with E-state index in [9.17, 15) is 9.90 Å². The van der Waals surface area contributed by atoms with Gasteiger partial charge in [-0.25, -0.2) is 0 Å². The Bertz CT molecular complexity index is 386. The van der Waals surface area contributed by atoms with Gasteiger partial charge in [-0.15, -0.1) is 0 Å². The average Bonchev–Trinajstić information content (AvgIpc) is 2.81. The standard InChI is InChI=1S/C29H58O4/c1-3-5-6-7-8-9-10-11-12-13-14-15-16-17-18-19-20-21-22-23-25-32-27-28(26-30)33-29(31)24-4-2/h28,30H,3-27H2,1-2H3. The summed E-state index contributed by atoms with van der Waals surface area (Å²) in [5, 5.41) is 9.26. The van der Waals surface area contributed by atoms with Crippen LogP contribution < -0.4 is 0 Å². The van der Waals surface area contributed by atoms with Crippen molar-refractivity contribution >= 4 is 5.97 Å². The number of hydrogen-bond donors (Lipinski definition) is 1. The highest BCUT2D eigenvalue weighted by atomic mass is 16.6. The summed E-state index contributed by atoms with van der Waals surface area (Å²) in [7, 11) is 0. The molecular formula is C29H58O4. The second kappa shape index (κ2) is 27.6. The lowest BCUT2D eigenvalue weighted by molar-refractivity contribution is -0.154. The molecule has 198 valence electrons. The molecule has 0 saturated carbocycles. The van der Waals surface area contributed by atoms with Gasteiger partial charge < -0.3 is 14.6 Å². The molecule has 0 heterocycles. The van der Waals surface area contributed by atoms with Crippen LogP contribution in [0.15, 0.2) is 0 Å². The summed E-state index contributed by atoms with van der Waals surface area (Å²) in [6.45, 7) is 5.03. The van der Waals surface area contributed by atoms with Crippen molar-refractivity contribution in [1.29, 1.82) is 0 Å². The minimum atomic E-state index is -0.519. The van der Waals surface area contributed by atoms with E-state index in [4.69, 9.17) is 9.47 Å². The Morgan fingerprint density at radius 2 is 1.00 bits per heavy atom. The van der Waals surface area contributed by atoms with Crippen molar-refractivity contribution < 1.29 is 19.4 Å². The van der Waals surface area contributed by atoms with E-state index in [0.29, 0.717) is 19.6 Å². The number of carbonyl (C=O) groups excluding carboxylic acids is 1. The molecule has 0 aromatic heterocycles. The summed E-state index contributed by atoms with van der Waals surface area (Å²) in [6.07, 6.45) is 28.3. The molecule has 0 aliphatic carbocycles. The first-order valence-electron chi connectivity index (χ1n) is 14.6. The summed E-state index contributed by atoms with van der Waals surface area (Å²) < 4.78 is 10.7. The van der Waals surface area contributed by atoms with Crippen LogP contribution in [0, 0.1) is 0 Å². The highest BCUT2D eigenvalue weighted by molar-refractivity contribution is 5.69. The van der Waals surface area contributed by atoms with Crippen LogP contribution in [-0.2, 0) is 14.3 Å². The van der Waals surface area contributed by atoms with Gasteiger partial charge in [0.1, 0.15) is 6.10 Å². The van der Waals surface area contributed by atoms with Gasteiger partial charge in [0.05, 0.1) is 13.2 Å². The first-order valence-corrected chi connectivity index (χ1v) is 14.6. The molecule has 1 unspecified atom stereocenters. The fourth-order valence-corrected chi connectivity index (χ4v) is 4.25. The number of carbonyl (C=O) groups is 1. The lowest BCUT2D eigenvalue weighted by Crippen LogP contribution is -2.27. The van der Waals surface area contributed by atoms with Gasteiger partial charge in [-0.2, -0.15) is 0 Å². The van der Waals surface area contributed by atoms with E-state index in [2.05, 4.69) is 6.92 Å². The number of esters is 1. The van der Waals surface area contributed by atoms with Gasteiger partial charge in [-0.05, 0) is 12.8 Å². The van der Waals surface area contributed by atoms with Crippen molar-refractivity contribution in [2.45, 2.75) is 161 Å². The molecule has 0 aromatic rings. The minimum absolute atomic E-state index is 0.172. The molecule has 4 nitrogen and oxygen atoms in total. The lowest BCUT2D eigenvalue weighted by atomic mass is 10.0. The average molecular weight is 471 g/mol. The highest BCUT2D eigenvalue weighted by Crippen LogP contribution is 2.14. The number of aliphatic hydroxyl groups is 1. The van der Waals surface area contributed by atoms with E-state index >= 15 is 0 Å². The van der Waals surface area contributed by atoms with E-state index in [1.165, 1.54) is 122 Å². The van der Waals surface area contributed by atoms with Crippen LogP contribution in [-0.4, -0.2) is 37.0 Å². The topological polar surface area (TPSA) is 55.8 Å². The molecule has 0 rings (SSSR count). The SMILES string of the molecule is CCCCCCCCCCCCCCCCCCCCCCOCC(CO)OC(=O)CCC. The van der Waals surface area contributed by atoms with Crippen LogP contribution >= 0.6 is 0 Å². The molecule has 1 atom stereocenters. The molecule has 0 aliphatic heterocycles. The van der Waals surface area contributed by atoms with Gasteiger partial charge in [0.2, 0.25) is 0 Å². The fourth-order valence-electron chi connectivity index (χ4n) is 4.25. The number of ether oxygens (including phenoxy) is 2. The molecule has 33 heavy (non-hydrogen) atoms. The fraction of sp³-hybridized carbons (Fsp3) is 0.966. The van der Waals surface area contributed by atoms with Crippen molar-refractivity contribution in [2.75, 3.05) is 19.8 Å². The second-order valence-electron chi connectivity index (χ2n) is 9.84. The number of unbranched alkanes of at least 4 members (excludes halogenated alkanes) is 19. The number of hydrogen-bond acceptors (Lipinski definition) is 4. The smallest absolute Gasteiger partial charge is 0.306 e. The van der Waals surface area contributed by atoms with E-state index in [1.807, 2.05) is 6.92 Å². The van der Waals surface area contributed by atoms with Crippen molar-refractivity contribution in [3.8, 4) is 0 Å². The van der Waals surface area contributed by atoms with Gasteiger partial charge in [-0.1, -0.05) is 136 Å². The third-order valence-corrected chi connectivity index (χ3v) is 6.40. The van der Waals surface area contributed by atoms with Crippen LogP contribution in [0.1, 0.15) is 155 Å². The number of rotatable bonds is 27. The molecule has 0 spiro atoms. The zero-order valence-corrected chi connectivity index (χ0v) is 22.4. The van der Waals surface area contributed by atoms with Crippen LogP contribution in [0.5, 0.6) is 0 Å². The highest BCUT2D eigenvalue weighted by Gasteiger charge is 2.12. The molecule has 0 bridgehead atoms. The Morgan fingerprint density at radius 3 is 1.36 bits per heavy atom. The van der Waals surface area contributed by atoms with Crippen molar-refractivity contribution in [2.24, 2.45) is 0 Å². The normalized spacial score (nSPS) is 12.2. The maximum atomic E-state index is 11.4. The van der Waals surface area contributed by atoms with Crippen LogP contribution in [0.4, 0.5) is 0 Å². The van der Waals surface area contributed by atoms with E-state index in [0.717, 1.165) is 12.8 Å². The predicted octanol–water partition coefficient (Wildman–Crippen LogP) is 8.53. The van der Waals surface area contributed by atoms with Gasteiger partial charge in [0.15, 0.2) is 0 Å². The van der Waals surface area contributed by atoms with E-state index in [1.54, 1.807) is 0 Å². The molecule has 0 aromatic carbocycles. The van der Waals surface area contributed by atoms with Crippen molar-refractivity contribution in [1.82, 2.24) is 0 Å². The summed E-state index contributed by atoms with van der Waals surface area (Å²) in [5.41, 5.74) is 0. The third kappa shape index (κ3) is 25.8. The monoisotopic (exact) mass is 470 g/mol. The molecular weight excluding hydrogens is 412 g/mol. The molecule has 0 aliphatic rings. The molecule has 0 radical (unpaired) electrons. The van der Waals surface area contributed by atoms with Crippen LogP contribution in [0.3, 0.4) is 0 Å². The van der Waals surface area contributed by atoms with Crippen molar-refractivity contribution in [3.63, 3.8) is 0 Å². The summed E-state index contributed by atoms with van der Waals surface area (Å²) in [4.78, 5) is 11.4. The first kappa shape index (κ1) is 32.4. The zero-order chi connectivity index (χ0) is 24.2. The Balaban J connectivity index is 3.19. The maximum Gasteiger partial charge on any atom is 0.306 e. The largest absolute Gasteiger partial charge is 0.457 e. The second-order valence-corrected chi connectivity index (χ2v) is 9.84. The Hall–Kier alpha value is -0.610. The predicted molar refractivity (Wildman–Crippen MR) is 141 cm³/mol. The van der Waals surface area contributed by atoms with Gasteiger partial charge in [0, 0.05) is 13.0 Å². The van der Waals surface area contributed by atoms with E-state index < -0.39 is 6.10 Å². The summed E-state index contributed by atoms with van der Waals surface area (Å²) in [5.74, 6) is -0.251. The van der Waals surface area contributed by atoms with Crippen LogP contribution in [0.2, 0.25) is 0 Å². The van der Waals surface area contributed by atoms with Gasteiger partial charge in [0.25, 0.3) is 0 Å². The van der Waals surface area contributed by atoms with E-state index in [-0.39, 0.29) is 12.6 Å². The lowest BCUT2D eigenvalue weighted by Gasteiger charge is -2.15. The zero-order valence-electron chi connectivity index (χ0n) is 22.4. The minimum Gasteiger partial charge on any atom is -0.457 e. The maximum absolute atomic E-state index is 11.4. The Labute approximate surface area is 206 Å². The third-order valence-electron chi connectivity index (χ3n) is 6.40. The molecule has 0 amide bonds. The summed E-state index contributed by atoms with van der Waals surface area (Å²) in [6, 6.07) is 0. The Kier molecular flexibility index (Phi) is 27.1. The molecule has 0 saturated heterocycles.